The first kappa shape index (κ1) is 18.6. The van der Waals surface area contributed by atoms with Crippen LogP contribution in [-0.4, -0.2) is 11.8 Å². The van der Waals surface area contributed by atoms with Gasteiger partial charge in [0.05, 0.1) is 6.04 Å². The third-order valence-corrected chi connectivity index (χ3v) is 3.75. The molecule has 0 aromatic carbocycles. The maximum absolute atomic E-state index is 11.5. The largest absolute Gasteiger partial charge is 0.322 e. The highest BCUT2D eigenvalue weighted by atomic mass is 16.1. The van der Waals surface area contributed by atoms with E-state index in [0.717, 1.165) is 6.42 Å². The zero-order chi connectivity index (χ0) is 14.3. The van der Waals surface area contributed by atoms with Crippen LogP contribution in [0.1, 0.15) is 90.4 Å². The van der Waals surface area contributed by atoms with Crippen LogP contribution in [-0.2, 0) is 4.79 Å². The highest BCUT2D eigenvalue weighted by Crippen LogP contribution is 2.12. The molecule has 0 aromatic heterocycles. The van der Waals surface area contributed by atoms with E-state index in [0.29, 0.717) is 12.8 Å². The second-order valence-electron chi connectivity index (χ2n) is 5.65. The first-order valence-electron chi connectivity index (χ1n) is 8.30. The molecule has 0 spiro atoms. The summed E-state index contributed by atoms with van der Waals surface area (Å²) in [7, 11) is 0. The van der Waals surface area contributed by atoms with Crippen molar-refractivity contribution in [2.75, 3.05) is 0 Å². The minimum atomic E-state index is -0.330. The Morgan fingerprint density at radius 3 is 1.74 bits per heavy atom. The summed E-state index contributed by atoms with van der Waals surface area (Å²) >= 11 is 0. The number of carbonyl (C=O) groups is 1. The van der Waals surface area contributed by atoms with Gasteiger partial charge in [-0.1, -0.05) is 78.1 Å². The lowest BCUT2D eigenvalue weighted by Gasteiger charge is -2.07. The van der Waals surface area contributed by atoms with Gasteiger partial charge in [-0.25, -0.2) is 0 Å². The zero-order valence-electron chi connectivity index (χ0n) is 13.0. The number of hydrogen-bond donors (Lipinski definition) is 1. The maximum Gasteiger partial charge on any atom is 0.149 e. The molecule has 0 heterocycles. The summed E-state index contributed by atoms with van der Waals surface area (Å²) < 4.78 is 0. The Bertz CT molecular complexity index is 203. The normalized spacial score (nSPS) is 12.6. The van der Waals surface area contributed by atoms with Gasteiger partial charge in [-0.2, -0.15) is 0 Å². The molecule has 0 aromatic rings. The summed E-state index contributed by atoms with van der Waals surface area (Å²) in [4.78, 5) is 11.5. The second-order valence-corrected chi connectivity index (χ2v) is 5.65. The summed E-state index contributed by atoms with van der Waals surface area (Å²) in [6.45, 7) is 5.92. The monoisotopic (exact) mass is 268 g/mol. The smallest absolute Gasteiger partial charge is 0.149 e. The molecule has 2 nitrogen and oxygen atoms in total. The van der Waals surface area contributed by atoms with Crippen LogP contribution >= 0.6 is 0 Å². The Balaban J connectivity index is 3.13. The average molecular weight is 268 g/mol. The van der Waals surface area contributed by atoms with Crippen molar-refractivity contribution in [1.29, 1.82) is 0 Å². The van der Waals surface area contributed by atoms with Crippen LogP contribution in [0, 0.1) is 6.92 Å². The molecule has 0 fully saturated rings. The Morgan fingerprint density at radius 2 is 1.32 bits per heavy atom. The third kappa shape index (κ3) is 12.4. The van der Waals surface area contributed by atoms with E-state index in [1.54, 1.807) is 0 Å². The Hall–Kier alpha value is -0.370. The van der Waals surface area contributed by atoms with Gasteiger partial charge in [0.2, 0.25) is 0 Å². The van der Waals surface area contributed by atoms with Crippen molar-refractivity contribution in [1.82, 2.24) is 0 Å². The zero-order valence-corrected chi connectivity index (χ0v) is 13.0. The molecule has 0 aliphatic carbocycles. The fraction of sp³-hybridized carbons (Fsp3) is 0.882. The van der Waals surface area contributed by atoms with E-state index in [9.17, 15) is 4.79 Å². The van der Waals surface area contributed by atoms with Crippen LogP contribution in [0.2, 0.25) is 0 Å². The minimum Gasteiger partial charge on any atom is -0.322 e. The van der Waals surface area contributed by atoms with Gasteiger partial charge in [0.1, 0.15) is 5.78 Å². The van der Waals surface area contributed by atoms with E-state index < -0.39 is 0 Å². The van der Waals surface area contributed by atoms with Gasteiger partial charge in [-0.15, -0.1) is 0 Å². The van der Waals surface area contributed by atoms with Crippen molar-refractivity contribution in [3.05, 3.63) is 6.92 Å². The number of Topliss-reactive ketones (excluding diaryl/α,β-unsaturated/α-hetero) is 1. The number of ketones is 1. The van der Waals surface area contributed by atoms with Gasteiger partial charge >= 0.3 is 0 Å². The lowest BCUT2D eigenvalue weighted by Crippen LogP contribution is -2.29. The summed E-state index contributed by atoms with van der Waals surface area (Å²) in [5, 5.41) is 0. The van der Waals surface area contributed by atoms with E-state index in [1.165, 1.54) is 64.2 Å². The fourth-order valence-electron chi connectivity index (χ4n) is 2.31. The first-order valence-corrected chi connectivity index (χ1v) is 8.30. The molecule has 1 atom stereocenters. The van der Waals surface area contributed by atoms with Crippen LogP contribution in [0.15, 0.2) is 0 Å². The summed E-state index contributed by atoms with van der Waals surface area (Å²) in [5.74, 6) is 0.186. The average Bonchev–Trinajstić information content (AvgIpc) is 2.43. The Morgan fingerprint density at radius 1 is 0.895 bits per heavy atom. The van der Waals surface area contributed by atoms with Crippen molar-refractivity contribution in [2.45, 2.75) is 96.4 Å². The van der Waals surface area contributed by atoms with E-state index in [2.05, 4.69) is 13.8 Å². The lowest BCUT2D eigenvalue weighted by atomic mass is 10.0. The molecule has 1 radical (unpaired) electrons. The molecule has 0 amide bonds. The number of rotatable bonds is 14. The van der Waals surface area contributed by atoms with Crippen LogP contribution in [0.3, 0.4) is 0 Å². The molecule has 0 rings (SSSR count). The number of nitrogens with two attached hydrogens (primary N) is 1. The second kappa shape index (κ2) is 14.0. The quantitative estimate of drug-likeness (QED) is 0.459. The molecule has 2 heteroatoms. The van der Waals surface area contributed by atoms with Crippen molar-refractivity contribution in [2.24, 2.45) is 5.73 Å². The summed E-state index contributed by atoms with van der Waals surface area (Å²) in [6, 6.07) is -0.330. The Labute approximate surface area is 120 Å². The van der Waals surface area contributed by atoms with Crippen LogP contribution < -0.4 is 5.73 Å². The standard InChI is InChI=1S/C17H34NO/c1-3-5-6-7-8-9-10-11-12-13-14-15-17(19)16(18)4-2/h16H,2-15,18H2,1H3. The van der Waals surface area contributed by atoms with Crippen molar-refractivity contribution in [3.63, 3.8) is 0 Å². The van der Waals surface area contributed by atoms with Crippen molar-refractivity contribution in [3.8, 4) is 0 Å². The van der Waals surface area contributed by atoms with Gasteiger partial charge < -0.3 is 5.73 Å². The molecule has 0 bridgehead atoms. The van der Waals surface area contributed by atoms with Gasteiger partial charge in [0, 0.05) is 6.42 Å². The van der Waals surface area contributed by atoms with Gasteiger partial charge in [0.15, 0.2) is 0 Å². The predicted octanol–water partition coefficient (Wildman–Crippen LogP) is 4.81. The van der Waals surface area contributed by atoms with E-state index >= 15 is 0 Å². The van der Waals surface area contributed by atoms with Crippen LogP contribution in [0.4, 0.5) is 0 Å². The highest BCUT2D eigenvalue weighted by Gasteiger charge is 2.09. The molecular weight excluding hydrogens is 234 g/mol. The molecule has 1 unspecified atom stereocenters. The highest BCUT2D eigenvalue weighted by molar-refractivity contribution is 5.83. The molecule has 0 aliphatic rings. The van der Waals surface area contributed by atoms with E-state index in [1.807, 2.05) is 0 Å². The van der Waals surface area contributed by atoms with Crippen LogP contribution in [0.5, 0.6) is 0 Å². The van der Waals surface area contributed by atoms with Crippen LogP contribution in [0.25, 0.3) is 0 Å². The van der Waals surface area contributed by atoms with E-state index in [-0.39, 0.29) is 11.8 Å². The topological polar surface area (TPSA) is 43.1 Å². The first-order chi connectivity index (χ1) is 9.22. The molecule has 0 saturated heterocycles. The van der Waals surface area contributed by atoms with Crippen molar-refractivity contribution < 1.29 is 4.79 Å². The fourth-order valence-corrected chi connectivity index (χ4v) is 2.31. The maximum atomic E-state index is 11.5. The molecule has 113 valence electrons. The summed E-state index contributed by atoms with van der Waals surface area (Å²) in [6.07, 6.45) is 15.6. The molecule has 2 N–H and O–H groups in total. The Kier molecular flexibility index (Phi) is 13.8. The molecule has 0 saturated carbocycles. The number of hydrogen-bond acceptors (Lipinski definition) is 2. The van der Waals surface area contributed by atoms with Gasteiger partial charge in [-0.3, -0.25) is 4.79 Å². The van der Waals surface area contributed by atoms with E-state index in [4.69, 9.17) is 5.73 Å². The summed E-state index contributed by atoms with van der Waals surface area (Å²) in [5.41, 5.74) is 5.63. The lowest BCUT2D eigenvalue weighted by molar-refractivity contribution is -0.120. The predicted molar refractivity (Wildman–Crippen MR) is 84.0 cm³/mol. The minimum absolute atomic E-state index is 0.186. The van der Waals surface area contributed by atoms with Gasteiger partial charge in [0.25, 0.3) is 0 Å². The number of carbonyl (C=O) groups excluding carboxylic acids is 1. The molecule has 0 aliphatic heterocycles. The number of unbranched alkanes of at least 4 members (excludes halogenated alkanes) is 10. The van der Waals surface area contributed by atoms with Crippen molar-refractivity contribution >= 4 is 5.78 Å². The molecule has 19 heavy (non-hydrogen) atoms. The molecular formula is C17H34NO. The van der Waals surface area contributed by atoms with Gasteiger partial charge in [-0.05, 0) is 12.8 Å². The third-order valence-electron chi connectivity index (χ3n) is 3.75. The SMILES string of the molecule is [CH2]CC(N)C(=O)CCCCCCCCCCCCC.